The van der Waals surface area contributed by atoms with Gasteiger partial charge in [0.15, 0.2) is 0 Å². The third-order valence-corrected chi connectivity index (χ3v) is 4.72. The maximum atomic E-state index is 12.6. The topological polar surface area (TPSA) is 111 Å². The van der Waals surface area contributed by atoms with Gasteiger partial charge in [0.1, 0.15) is 13.2 Å². The molecule has 28 heavy (non-hydrogen) atoms. The molecule has 2 amide bonds. The third kappa shape index (κ3) is 6.04. The highest BCUT2D eigenvalue weighted by Crippen LogP contribution is 2.37. The van der Waals surface area contributed by atoms with E-state index in [1.807, 2.05) is 22.6 Å². The minimum atomic E-state index is -0.657. The van der Waals surface area contributed by atoms with Gasteiger partial charge >= 0.3 is 11.9 Å². The van der Waals surface area contributed by atoms with Crippen molar-refractivity contribution in [3.8, 4) is 0 Å². The summed E-state index contributed by atoms with van der Waals surface area (Å²) in [5, 5.41) is 5.38. The average Bonchev–Trinajstić information content (AvgIpc) is 2.58. The van der Waals surface area contributed by atoms with Gasteiger partial charge in [-0.05, 0) is 54.5 Å². The molecule has 0 spiro atoms. The number of rotatable bonds is 7. The van der Waals surface area contributed by atoms with Crippen molar-refractivity contribution in [1.82, 2.24) is 0 Å². The molecule has 9 heteroatoms. The van der Waals surface area contributed by atoms with Crippen molar-refractivity contribution < 1.29 is 28.7 Å². The zero-order valence-corrected chi connectivity index (χ0v) is 18.6. The molecule has 0 aliphatic rings. The lowest BCUT2D eigenvalue weighted by atomic mass is 9.98. The molecule has 0 unspecified atom stereocenters. The molecule has 0 atom stereocenters. The van der Waals surface area contributed by atoms with Crippen molar-refractivity contribution in [3.05, 3.63) is 32.4 Å². The fourth-order valence-corrected chi connectivity index (χ4v) is 3.48. The van der Waals surface area contributed by atoms with Crippen molar-refractivity contribution in [1.29, 1.82) is 0 Å². The molecule has 0 saturated heterocycles. The molecule has 0 fully saturated rings. The van der Waals surface area contributed by atoms with E-state index in [2.05, 4.69) is 17.2 Å². The molecule has 0 bridgehead atoms. The fourth-order valence-electron chi connectivity index (χ4n) is 2.41. The number of hydrogen-bond acceptors (Lipinski definition) is 6. The van der Waals surface area contributed by atoms with Gasteiger partial charge in [-0.15, -0.1) is 0 Å². The molecule has 0 aromatic heterocycles. The van der Waals surface area contributed by atoms with Crippen molar-refractivity contribution in [2.75, 3.05) is 23.8 Å². The first-order valence-electron chi connectivity index (χ1n) is 8.34. The van der Waals surface area contributed by atoms with Crippen LogP contribution in [0.3, 0.4) is 0 Å². The summed E-state index contributed by atoms with van der Waals surface area (Å²) in [5.74, 6) is -1.86. The van der Waals surface area contributed by atoms with Crippen LogP contribution in [0.25, 0.3) is 0 Å². The number of halogens is 1. The van der Waals surface area contributed by atoms with Crippen LogP contribution in [0.15, 0.2) is 12.2 Å². The summed E-state index contributed by atoms with van der Waals surface area (Å²) in [6.07, 6.45) is 0. The summed E-state index contributed by atoms with van der Waals surface area (Å²) in [6.45, 7) is 10.8. The van der Waals surface area contributed by atoms with Crippen LogP contribution in [0.2, 0.25) is 0 Å². The molecule has 0 saturated carbocycles. The molecule has 2 N–H and O–H groups in total. The van der Waals surface area contributed by atoms with E-state index in [0.29, 0.717) is 26.1 Å². The van der Waals surface area contributed by atoms with Crippen LogP contribution in [0.1, 0.15) is 42.3 Å². The highest BCUT2D eigenvalue weighted by molar-refractivity contribution is 14.1. The second-order valence-corrected chi connectivity index (χ2v) is 7.18. The zero-order chi connectivity index (χ0) is 21.6. The van der Waals surface area contributed by atoms with Gasteiger partial charge in [-0.1, -0.05) is 6.58 Å². The van der Waals surface area contributed by atoms with Gasteiger partial charge < -0.3 is 20.1 Å². The first-order valence-corrected chi connectivity index (χ1v) is 9.42. The van der Waals surface area contributed by atoms with Crippen molar-refractivity contribution in [3.63, 3.8) is 0 Å². The van der Waals surface area contributed by atoms with Gasteiger partial charge in [0.2, 0.25) is 11.8 Å². The Hall–Kier alpha value is -2.43. The predicted molar refractivity (Wildman–Crippen MR) is 113 cm³/mol. The molecule has 8 nitrogen and oxygen atoms in total. The summed E-state index contributed by atoms with van der Waals surface area (Å²) in [4.78, 5) is 47.1. The number of carbonyl (C=O) groups is 4. The SMILES string of the molecule is C=C(C)C(=O)OCCOC(=O)c1c(C)c(NC(C)=O)c(I)c(NC(C)=O)c1C. The van der Waals surface area contributed by atoms with Gasteiger partial charge in [-0.3, -0.25) is 9.59 Å². The monoisotopic (exact) mass is 502 g/mol. The van der Waals surface area contributed by atoms with Crippen LogP contribution >= 0.6 is 22.6 Å². The molecule has 0 heterocycles. The lowest BCUT2D eigenvalue weighted by Gasteiger charge is -2.20. The van der Waals surface area contributed by atoms with Gasteiger partial charge in [0.25, 0.3) is 0 Å². The van der Waals surface area contributed by atoms with E-state index in [1.165, 1.54) is 20.8 Å². The Bertz CT molecular complexity index is 804. The molecule has 0 aliphatic heterocycles. The Balaban J connectivity index is 3.19. The summed E-state index contributed by atoms with van der Waals surface area (Å²) in [6, 6.07) is 0. The van der Waals surface area contributed by atoms with Crippen LogP contribution in [-0.2, 0) is 23.9 Å². The molecule has 1 rings (SSSR count). The molecular weight excluding hydrogens is 479 g/mol. The van der Waals surface area contributed by atoms with Crippen LogP contribution in [-0.4, -0.2) is 37.0 Å². The number of benzene rings is 1. The Kier molecular flexibility index (Phi) is 8.61. The van der Waals surface area contributed by atoms with E-state index in [4.69, 9.17) is 9.47 Å². The minimum absolute atomic E-state index is 0.114. The zero-order valence-electron chi connectivity index (χ0n) is 16.4. The first-order chi connectivity index (χ1) is 13.0. The van der Waals surface area contributed by atoms with Crippen molar-refractivity contribution >= 4 is 57.7 Å². The Morgan fingerprint density at radius 3 is 1.71 bits per heavy atom. The van der Waals surface area contributed by atoms with E-state index in [1.54, 1.807) is 13.8 Å². The van der Waals surface area contributed by atoms with Gasteiger partial charge in [0.05, 0.1) is 20.5 Å². The maximum absolute atomic E-state index is 12.6. The van der Waals surface area contributed by atoms with Gasteiger partial charge in [-0.2, -0.15) is 0 Å². The molecule has 1 aromatic carbocycles. The molecular formula is C19H23IN2O6. The molecule has 0 radical (unpaired) electrons. The summed E-state index contributed by atoms with van der Waals surface area (Å²) >= 11 is 2.00. The Morgan fingerprint density at radius 2 is 1.32 bits per heavy atom. The number of hydrogen-bond donors (Lipinski definition) is 2. The largest absolute Gasteiger partial charge is 0.459 e. The lowest BCUT2D eigenvalue weighted by molar-refractivity contribution is -0.140. The number of carbonyl (C=O) groups excluding carboxylic acids is 4. The Morgan fingerprint density at radius 1 is 0.893 bits per heavy atom. The highest BCUT2D eigenvalue weighted by atomic mass is 127. The van der Waals surface area contributed by atoms with Crippen LogP contribution in [0.5, 0.6) is 0 Å². The Labute approximate surface area is 177 Å². The normalized spacial score (nSPS) is 10.1. The number of amides is 2. The van der Waals surface area contributed by atoms with E-state index >= 15 is 0 Å². The molecule has 0 aliphatic carbocycles. The molecule has 1 aromatic rings. The van der Waals surface area contributed by atoms with Crippen LogP contribution in [0.4, 0.5) is 11.4 Å². The first kappa shape index (κ1) is 23.6. The summed E-state index contributed by atoms with van der Waals surface area (Å²) < 4.78 is 10.7. The van der Waals surface area contributed by atoms with Gasteiger partial charge in [0, 0.05) is 19.4 Å². The van der Waals surface area contributed by atoms with Gasteiger partial charge in [-0.25, -0.2) is 9.59 Å². The van der Waals surface area contributed by atoms with E-state index < -0.39 is 11.9 Å². The number of ether oxygens (including phenoxy) is 2. The number of anilines is 2. The lowest BCUT2D eigenvalue weighted by Crippen LogP contribution is -2.20. The second kappa shape index (κ2) is 10.2. The van der Waals surface area contributed by atoms with E-state index in [9.17, 15) is 19.2 Å². The maximum Gasteiger partial charge on any atom is 0.338 e. The van der Waals surface area contributed by atoms with Crippen LogP contribution in [0, 0.1) is 17.4 Å². The van der Waals surface area contributed by atoms with Crippen molar-refractivity contribution in [2.45, 2.75) is 34.6 Å². The van der Waals surface area contributed by atoms with Crippen molar-refractivity contribution in [2.24, 2.45) is 0 Å². The predicted octanol–water partition coefficient (Wildman–Crippen LogP) is 3.10. The minimum Gasteiger partial charge on any atom is -0.459 e. The average molecular weight is 502 g/mol. The smallest absolute Gasteiger partial charge is 0.338 e. The quantitative estimate of drug-likeness (QED) is 0.257. The standard InChI is InChI=1S/C19H23IN2O6/c1-9(2)18(25)27-7-8-28-19(26)14-10(3)16(21-12(5)23)15(20)17(11(14)4)22-13(6)24/h1,7-8H2,2-6H3,(H,21,23)(H,22,24). The fraction of sp³-hybridized carbons (Fsp3) is 0.368. The number of nitrogens with one attached hydrogen (secondary N) is 2. The number of esters is 2. The second-order valence-electron chi connectivity index (χ2n) is 6.10. The highest BCUT2D eigenvalue weighted by Gasteiger charge is 2.24. The summed E-state index contributed by atoms with van der Waals surface area (Å²) in [7, 11) is 0. The molecule has 152 valence electrons. The van der Waals surface area contributed by atoms with E-state index in [-0.39, 0.29) is 36.2 Å². The van der Waals surface area contributed by atoms with Crippen LogP contribution < -0.4 is 10.6 Å². The third-order valence-electron chi connectivity index (χ3n) is 3.64. The van der Waals surface area contributed by atoms with E-state index in [0.717, 1.165) is 0 Å². The summed E-state index contributed by atoms with van der Waals surface area (Å²) in [5.41, 5.74) is 2.33.